The number of carbonyl (C=O) groups excluding carboxylic acids is 2. The van der Waals surface area contributed by atoms with Crippen LogP contribution in [0.2, 0.25) is 0 Å². The minimum Gasteiger partial charge on any atom is -0.480 e. The Hall–Kier alpha value is -2.61. The normalized spacial score (nSPS) is 11.5. The van der Waals surface area contributed by atoms with Crippen LogP contribution in [0.1, 0.15) is 30.1 Å². The fraction of sp³-hybridized carbons (Fsp3) is 0.375. The molecule has 0 radical (unpaired) electrons. The molecule has 8 nitrogen and oxygen atoms in total. The van der Waals surface area contributed by atoms with Gasteiger partial charge >= 0.3 is 5.97 Å². The zero-order valence-electron chi connectivity index (χ0n) is 14.1. The molecule has 2 amide bonds. The maximum Gasteiger partial charge on any atom is 0.326 e. The van der Waals surface area contributed by atoms with Crippen molar-refractivity contribution in [2.75, 3.05) is 13.1 Å². The first-order chi connectivity index (χ1) is 11.3. The number of aromatic nitrogens is 1. The third-order valence-corrected chi connectivity index (χ3v) is 3.54. The summed E-state index contributed by atoms with van der Waals surface area (Å²) in [5.41, 5.74) is 1.76. The van der Waals surface area contributed by atoms with E-state index in [1.54, 1.807) is 12.1 Å². The van der Waals surface area contributed by atoms with Crippen LogP contribution >= 0.6 is 12.4 Å². The molecule has 2 rings (SSSR count). The number of carboxylic acid groups (broad SMARTS) is 1. The van der Waals surface area contributed by atoms with Crippen molar-refractivity contribution in [1.29, 1.82) is 0 Å². The Balaban J connectivity index is 0.00000312. The molecule has 0 spiro atoms. The highest BCUT2D eigenvalue weighted by molar-refractivity contribution is 5.97. The average Bonchev–Trinajstić information content (AvgIpc) is 2.93. The number of hydrogen-bond acceptors (Lipinski definition) is 5. The van der Waals surface area contributed by atoms with Gasteiger partial charge in [-0.25, -0.2) is 9.78 Å². The Morgan fingerprint density at radius 1 is 1.36 bits per heavy atom. The van der Waals surface area contributed by atoms with E-state index in [-0.39, 0.29) is 37.2 Å². The molecule has 0 saturated heterocycles. The van der Waals surface area contributed by atoms with Crippen molar-refractivity contribution in [3.63, 3.8) is 0 Å². The first-order valence-electron chi connectivity index (χ1n) is 7.45. The van der Waals surface area contributed by atoms with E-state index >= 15 is 0 Å². The van der Waals surface area contributed by atoms with Crippen molar-refractivity contribution in [1.82, 2.24) is 15.2 Å². The maximum absolute atomic E-state index is 12.6. The SMILES string of the molecule is CC(=O)NCCN(C(=O)c1cc2nc(C)ccc2o1)C(C)C(=O)O.Cl. The Labute approximate surface area is 150 Å². The van der Waals surface area contributed by atoms with Gasteiger partial charge in [0, 0.05) is 31.8 Å². The Kier molecular flexibility index (Phi) is 6.93. The summed E-state index contributed by atoms with van der Waals surface area (Å²) in [6.07, 6.45) is 0. The van der Waals surface area contributed by atoms with Crippen molar-refractivity contribution in [2.45, 2.75) is 26.8 Å². The van der Waals surface area contributed by atoms with Gasteiger partial charge in [-0.15, -0.1) is 12.4 Å². The van der Waals surface area contributed by atoms with E-state index in [9.17, 15) is 19.5 Å². The second-order valence-corrected chi connectivity index (χ2v) is 5.44. The second-order valence-electron chi connectivity index (χ2n) is 5.44. The summed E-state index contributed by atoms with van der Waals surface area (Å²) in [6, 6.07) is 3.89. The predicted octanol–water partition coefficient (Wildman–Crippen LogP) is 1.61. The van der Waals surface area contributed by atoms with Crippen molar-refractivity contribution in [2.24, 2.45) is 0 Å². The number of amides is 2. The molecule has 1 unspecified atom stereocenters. The second kappa shape index (κ2) is 8.48. The first-order valence-corrected chi connectivity index (χ1v) is 7.45. The van der Waals surface area contributed by atoms with Crippen LogP contribution in [0.3, 0.4) is 0 Å². The zero-order chi connectivity index (χ0) is 17.9. The average molecular weight is 370 g/mol. The van der Waals surface area contributed by atoms with E-state index in [1.165, 1.54) is 19.9 Å². The Morgan fingerprint density at radius 3 is 2.64 bits per heavy atom. The van der Waals surface area contributed by atoms with E-state index in [0.29, 0.717) is 11.1 Å². The molecule has 0 saturated carbocycles. The third kappa shape index (κ3) is 4.93. The van der Waals surface area contributed by atoms with Gasteiger partial charge < -0.3 is 19.7 Å². The third-order valence-electron chi connectivity index (χ3n) is 3.54. The molecule has 0 aromatic carbocycles. The fourth-order valence-electron chi connectivity index (χ4n) is 2.23. The monoisotopic (exact) mass is 369 g/mol. The number of halogens is 1. The van der Waals surface area contributed by atoms with E-state index in [2.05, 4.69) is 10.3 Å². The molecule has 0 aliphatic carbocycles. The summed E-state index contributed by atoms with van der Waals surface area (Å²) in [6.45, 7) is 4.77. The lowest BCUT2D eigenvalue weighted by Crippen LogP contribution is -2.46. The molecule has 0 bridgehead atoms. The molecule has 2 aromatic rings. The van der Waals surface area contributed by atoms with Gasteiger partial charge in [-0.1, -0.05) is 0 Å². The zero-order valence-corrected chi connectivity index (χ0v) is 14.9. The van der Waals surface area contributed by atoms with Crippen LogP contribution in [-0.4, -0.2) is 51.9 Å². The number of carboxylic acids is 1. The van der Waals surface area contributed by atoms with Crippen LogP contribution in [0.4, 0.5) is 0 Å². The van der Waals surface area contributed by atoms with E-state index in [4.69, 9.17) is 4.42 Å². The van der Waals surface area contributed by atoms with Crippen molar-refractivity contribution < 1.29 is 23.9 Å². The number of furan rings is 1. The van der Waals surface area contributed by atoms with Crippen molar-refractivity contribution >= 4 is 41.3 Å². The molecule has 0 aliphatic rings. The van der Waals surface area contributed by atoms with E-state index in [0.717, 1.165) is 10.6 Å². The van der Waals surface area contributed by atoms with Gasteiger partial charge in [0.2, 0.25) is 5.91 Å². The summed E-state index contributed by atoms with van der Waals surface area (Å²) in [5, 5.41) is 11.8. The number of hydrogen-bond donors (Lipinski definition) is 2. The number of nitrogens with zero attached hydrogens (tertiary/aromatic N) is 2. The molecule has 2 aromatic heterocycles. The van der Waals surface area contributed by atoms with Gasteiger partial charge in [0.25, 0.3) is 5.91 Å². The van der Waals surface area contributed by atoms with Crippen LogP contribution in [0, 0.1) is 6.92 Å². The minimum absolute atomic E-state index is 0. The van der Waals surface area contributed by atoms with E-state index < -0.39 is 17.9 Å². The van der Waals surface area contributed by atoms with Gasteiger partial charge in [-0.05, 0) is 26.0 Å². The number of rotatable bonds is 6. The maximum atomic E-state index is 12.6. The number of aryl methyl sites for hydroxylation is 1. The number of fused-ring (bicyclic) bond motifs is 1. The lowest BCUT2D eigenvalue weighted by Gasteiger charge is -2.25. The smallest absolute Gasteiger partial charge is 0.326 e. The summed E-state index contributed by atoms with van der Waals surface area (Å²) in [4.78, 5) is 40.3. The highest BCUT2D eigenvalue weighted by Gasteiger charge is 2.28. The van der Waals surface area contributed by atoms with Crippen LogP contribution < -0.4 is 5.32 Å². The van der Waals surface area contributed by atoms with Crippen LogP contribution in [-0.2, 0) is 9.59 Å². The van der Waals surface area contributed by atoms with Gasteiger partial charge in [-0.3, -0.25) is 9.59 Å². The van der Waals surface area contributed by atoms with Gasteiger partial charge in [-0.2, -0.15) is 0 Å². The topological polar surface area (TPSA) is 113 Å². The Morgan fingerprint density at radius 2 is 2.04 bits per heavy atom. The van der Waals surface area contributed by atoms with Gasteiger partial charge in [0.1, 0.15) is 11.6 Å². The highest BCUT2D eigenvalue weighted by Crippen LogP contribution is 2.20. The van der Waals surface area contributed by atoms with Crippen LogP contribution in [0.25, 0.3) is 11.1 Å². The Bertz CT molecular complexity index is 789. The summed E-state index contributed by atoms with van der Waals surface area (Å²) in [7, 11) is 0. The van der Waals surface area contributed by atoms with E-state index in [1.807, 2.05) is 6.92 Å². The molecule has 25 heavy (non-hydrogen) atoms. The standard InChI is InChI=1S/C16H19N3O5.ClH/c1-9-4-5-13-12(18-9)8-14(24-13)15(21)19(10(2)16(22)23)7-6-17-11(3)20;/h4-5,8,10H,6-7H2,1-3H3,(H,17,20)(H,22,23);1H. The number of aliphatic carboxylic acids is 1. The summed E-state index contributed by atoms with van der Waals surface area (Å²) < 4.78 is 5.49. The minimum atomic E-state index is -1.14. The van der Waals surface area contributed by atoms with Gasteiger partial charge in [0.15, 0.2) is 11.3 Å². The number of nitrogens with one attached hydrogen (secondary N) is 1. The molecule has 136 valence electrons. The largest absolute Gasteiger partial charge is 0.480 e. The molecule has 0 fully saturated rings. The molecule has 0 aliphatic heterocycles. The lowest BCUT2D eigenvalue weighted by molar-refractivity contribution is -0.141. The highest BCUT2D eigenvalue weighted by atomic mass is 35.5. The van der Waals surface area contributed by atoms with Crippen LogP contribution in [0.5, 0.6) is 0 Å². The molecular formula is C16H20ClN3O5. The van der Waals surface area contributed by atoms with Crippen LogP contribution in [0.15, 0.2) is 22.6 Å². The molecule has 9 heteroatoms. The molecule has 1 atom stereocenters. The summed E-state index contributed by atoms with van der Waals surface area (Å²) in [5.74, 6) is -1.95. The number of carbonyl (C=O) groups is 3. The quantitative estimate of drug-likeness (QED) is 0.799. The first kappa shape index (κ1) is 20.4. The fourth-order valence-corrected chi connectivity index (χ4v) is 2.23. The predicted molar refractivity (Wildman–Crippen MR) is 92.8 cm³/mol. The summed E-state index contributed by atoms with van der Waals surface area (Å²) >= 11 is 0. The molecule has 2 N–H and O–H groups in total. The van der Waals surface area contributed by atoms with Crippen molar-refractivity contribution in [3.8, 4) is 0 Å². The lowest BCUT2D eigenvalue weighted by atomic mass is 10.2. The molecular weight excluding hydrogens is 350 g/mol. The number of pyridine rings is 1. The van der Waals surface area contributed by atoms with Gasteiger partial charge in [0.05, 0.1) is 0 Å². The van der Waals surface area contributed by atoms with Crippen molar-refractivity contribution in [3.05, 3.63) is 29.7 Å². The molecule has 2 heterocycles.